The molecule has 1 aromatic carbocycles. The van der Waals surface area contributed by atoms with E-state index >= 15 is 0 Å². The van der Waals surface area contributed by atoms with Gasteiger partial charge in [-0.15, -0.1) is 0 Å². The van der Waals surface area contributed by atoms with Crippen LogP contribution in [0.15, 0.2) is 24.3 Å². The highest BCUT2D eigenvalue weighted by atomic mass is 16.3. The van der Waals surface area contributed by atoms with Crippen molar-refractivity contribution in [2.24, 2.45) is 5.92 Å². The molecule has 0 fully saturated rings. The molecular weight excluding hydrogens is 198 g/mol. The predicted octanol–water partition coefficient (Wildman–Crippen LogP) is 2.96. The summed E-state index contributed by atoms with van der Waals surface area (Å²) in [5, 5.41) is 12.7. The molecule has 2 heteroatoms. The zero-order valence-electron chi connectivity index (χ0n) is 10.5. The van der Waals surface area contributed by atoms with Crippen molar-refractivity contribution < 1.29 is 5.11 Å². The summed E-state index contributed by atoms with van der Waals surface area (Å²) in [7, 11) is 0. The zero-order valence-corrected chi connectivity index (χ0v) is 10.5. The fraction of sp³-hybridized carbons (Fsp3) is 0.571. The van der Waals surface area contributed by atoms with Crippen molar-refractivity contribution in [2.45, 2.75) is 39.7 Å². The van der Waals surface area contributed by atoms with E-state index in [1.807, 2.05) is 12.1 Å². The quantitative estimate of drug-likeness (QED) is 0.774. The van der Waals surface area contributed by atoms with Crippen molar-refractivity contribution in [3.63, 3.8) is 0 Å². The third-order valence-electron chi connectivity index (χ3n) is 2.67. The van der Waals surface area contributed by atoms with Gasteiger partial charge in [-0.25, -0.2) is 0 Å². The van der Waals surface area contributed by atoms with Crippen molar-refractivity contribution >= 4 is 0 Å². The van der Waals surface area contributed by atoms with Crippen LogP contribution in [0.1, 0.15) is 32.8 Å². The first-order chi connectivity index (χ1) is 7.58. The molecule has 0 radical (unpaired) electrons. The first kappa shape index (κ1) is 13.0. The number of benzene rings is 1. The van der Waals surface area contributed by atoms with Crippen LogP contribution in [0.5, 0.6) is 5.75 Å². The van der Waals surface area contributed by atoms with Crippen LogP contribution in [0.2, 0.25) is 0 Å². The molecule has 0 aliphatic carbocycles. The Labute approximate surface area is 98.7 Å². The van der Waals surface area contributed by atoms with Crippen LogP contribution in [0.25, 0.3) is 0 Å². The van der Waals surface area contributed by atoms with E-state index in [0.29, 0.717) is 11.8 Å². The summed E-state index contributed by atoms with van der Waals surface area (Å²) in [6.07, 6.45) is 2.23. The lowest BCUT2D eigenvalue weighted by molar-refractivity contribution is 0.444. The van der Waals surface area contributed by atoms with Gasteiger partial charge in [0.15, 0.2) is 0 Å². The van der Waals surface area contributed by atoms with Crippen LogP contribution >= 0.6 is 0 Å². The Morgan fingerprint density at radius 3 is 2.31 bits per heavy atom. The van der Waals surface area contributed by atoms with Crippen LogP contribution < -0.4 is 5.32 Å². The Balaban J connectivity index is 2.22. The molecule has 1 aromatic rings. The van der Waals surface area contributed by atoms with Crippen LogP contribution in [-0.2, 0) is 6.42 Å². The Morgan fingerprint density at radius 1 is 1.12 bits per heavy atom. The average molecular weight is 221 g/mol. The highest BCUT2D eigenvalue weighted by Crippen LogP contribution is 2.10. The summed E-state index contributed by atoms with van der Waals surface area (Å²) in [4.78, 5) is 0. The summed E-state index contributed by atoms with van der Waals surface area (Å²) in [6.45, 7) is 7.73. The summed E-state index contributed by atoms with van der Waals surface area (Å²) < 4.78 is 0. The second kappa shape index (κ2) is 6.54. The van der Waals surface area contributed by atoms with Crippen molar-refractivity contribution in [1.29, 1.82) is 0 Å². The Hall–Kier alpha value is -1.02. The van der Waals surface area contributed by atoms with E-state index in [2.05, 4.69) is 26.1 Å². The van der Waals surface area contributed by atoms with E-state index in [9.17, 15) is 0 Å². The highest BCUT2D eigenvalue weighted by Gasteiger charge is 2.03. The van der Waals surface area contributed by atoms with E-state index in [1.54, 1.807) is 12.1 Å². The minimum Gasteiger partial charge on any atom is -0.508 e. The third kappa shape index (κ3) is 5.17. The molecule has 0 aromatic heterocycles. The second-order valence-electron chi connectivity index (χ2n) is 4.90. The first-order valence-corrected chi connectivity index (χ1v) is 6.09. The van der Waals surface area contributed by atoms with E-state index < -0.39 is 0 Å². The molecule has 0 bridgehead atoms. The van der Waals surface area contributed by atoms with Gasteiger partial charge in [0.1, 0.15) is 5.75 Å². The first-order valence-electron chi connectivity index (χ1n) is 6.09. The molecule has 90 valence electrons. The van der Waals surface area contributed by atoms with Crippen molar-refractivity contribution in [1.82, 2.24) is 5.32 Å². The normalized spacial score (nSPS) is 13.0. The molecule has 16 heavy (non-hydrogen) atoms. The summed E-state index contributed by atoms with van der Waals surface area (Å²) in [6, 6.07) is 8.02. The van der Waals surface area contributed by atoms with Gasteiger partial charge in [0.2, 0.25) is 0 Å². The molecule has 2 N–H and O–H groups in total. The molecule has 1 atom stereocenters. The van der Waals surface area contributed by atoms with Crippen LogP contribution in [-0.4, -0.2) is 17.7 Å². The van der Waals surface area contributed by atoms with E-state index in [0.717, 1.165) is 18.9 Å². The minimum absolute atomic E-state index is 0.338. The number of aromatic hydroxyl groups is 1. The largest absolute Gasteiger partial charge is 0.508 e. The number of rotatable bonds is 6. The maximum Gasteiger partial charge on any atom is 0.115 e. The van der Waals surface area contributed by atoms with Crippen molar-refractivity contribution in [3.05, 3.63) is 29.8 Å². The zero-order chi connectivity index (χ0) is 12.0. The topological polar surface area (TPSA) is 32.3 Å². The molecular formula is C14H23NO. The molecule has 0 saturated heterocycles. The summed E-state index contributed by atoms with van der Waals surface area (Å²) in [5.74, 6) is 1.08. The number of hydrogen-bond donors (Lipinski definition) is 2. The van der Waals surface area contributed by atoms with Gasteiger partial charge in [-0.1, -0.05) is 26.0 Å². The smallest absolute Gasteiger partial charge is 0.115 e. The van der Waals surface area contributed by atoms with Gasteiger partial charge < -0.3 is 10.4 Å². The number of hydrogen-bond acceptors (Lipinski definition) is 2. The fourth-order valence-corrected chi connectivity index (χ4v) is 1.92. The maximum absolute atomic E-state index is 9.15. The molecule has 0 amide bonds. The SMILES string of the molecule is CC(C)CC(C)NCCc1ccc(O)cc1. The lowest BCUT2D eigenvalue weighted by Crippen LogP contribution is -2.29. The number of nitrogens with one attached hydrogen (secondary N) is 1. The standard InChI is InChI=1S/C14H23NO/c1-11(2)10-12(3)15-9-8-13-4-6-14(16)7-5-13/h4-7,11-12,15-16H,8-10H2,1-3H3. The Kier molecular flexibility index (Phi) is 5.33. The molecule has 2 nitrogen and oxygen atoms in total. The highest BCUT2D eigenvalue weighted by molar-refractivity contribution is 5.25. The molecule has 1 unspecified atom stereocenters. The van der Waals surface area contributed by atoms with Crippen LogP contribution in [0, 0.1) is 5.92 Å². The molecule has 1 rings (SSSR count). The summed E-state index contributed by atoms with van der Waals surface area (Å²) >= 11 is 0. The number of phenolic OH excluding ortho intramolecular Hbond substituents is 1. The third-order valence-corrected chi connectivity index (χ3v) is 2.67. The van der Waals surface area contributed by atoms with Gasteiger partial charge in [-0.3, -0.25) is 0 Å². The monoisotopic (exact) mass is 221 g/mol. The molecule has 0 aliphatic rings. The van der Waals surface area contributed by atoms with E-state index in [1.165, 1.54) is 12.0 Å². The van der Waals surface area contributed by atoms with Gasteiger partial charge >= 0.3 is 0 Å². The second-order valence-corrected chi connectivity index (χ2v) is 4.90. The fourth-order valence-electron chi connectivity index (χ4n) is 1.92. The van der Waals surface area contributed by atoms with Crippen LogP contribution in [0.3, 0.4) is 0 Å². The lowest BCUT2D eigenvalue weighted by Gasteiger charge is -2.15. The Morgan fingerprint density at radius 2 is 1.75 bits per heavy atom. The summed E-state index contributed by atoms with van der Waals surface area (Å²) in [5.41, 5.74) is 1.27. The molecule has 0 aliphatic heterocycles. The van der Waals surface area contributed by atoms with Gasteiger partial charge in [-0.2, -0.15) is 0 Å². The van der Waals surface area contributed by atoms with E-state index in [4.69, 9.17) is 5.11 Å². The van der Waals surface area contributed by atoms with Gasteiger partial charge in [0, 0.05) is 6.04 Å². The molecule has 0 heterocycles. The van der Waals surface area contributed by atoms with Crippen LogP contribution in [0.4, 0.5) is 0 Å². The molecule has 0 saturated carbocycles. The van der Waals surface area contributed by atoms with Gasteiger partial charge in [0.05, 0.1) is 0 Å². The van der Waals surface area contributed by atoms with Gasteiger partial charge in [-0.05, 0) is 49.9 Å². The van der Waals surface area contributed by atoms with Crippen molar-refractivity contribution in [3.8, 4) is 5.75 Å². The van der Waals surface area contributed by atoms with Crippen molar-refractivity contribution in [2.75, 3.05) is 6.54 Å². The number of phenols is 1. The van der Waals surface area contributed by atoms with E-state index in [-0.39, 0.29) is 0 Å². The Bertz CT molecular complexity index is 292. The average Bonchev–Trinajstić information content (AvgIpc) is 2.20. The lowest BCUT2D eigenvalue weighted by atomic mass is 10.0. The molecule has 0 spiro atoms. The predicted molar refractivity (Wildman–Crippen MR) is 68.7 cm³/mol. The van der Waals surface area contributed by atoms with Gasteiger partial charge in [0.25, 0.3) is 0 Å². The minimum atomic E-state index is 0.338. The maximum atomic E-state index is 9.15.